The van der Waals surface area contributed by atoms with Gasteiger partial charge in [0.15, 0.2) is 0 Å². The average Bonchev–Trinajstić information content (AvgIpc) is 2.47. The van der Waals surface area contributed by atoms with Gasteiger partial charge in [0, 0.05) is 24.9 Å². The second-order valence-corrected chi connectivity index (χ2v) is 7.45. The van der Waals surface area contributed by atoms with Crippen LogP contribution in [0.15, 0.2) is 24.3 Å². The average molecular weight is 333 g/mol. The molecular weight excluding hydrogens is 302 g/mol. The maximum Gasteiger partial charge on any atom is 0.225 e. The summed E-state index contributed by atoms with van der Waals surface area (Å²) in [5.41, 5.74) is 1.96. The molecule has 0 spiro atoms. The van der Waals surface area contributed by atoms with Crippen molar-refractivity contribution in [3.8, 4) is 0 Å². The van der Waals surface area contributed by atoms with Gasteiger partial charge in [0.2, 0.25) is 11.8 Å². The standard InChI is InChI=1S/C19H31N3O2/c1-14-7-9-15(10-8-14)16(22(5)6)13-21-17(23)11-12-20-18(24)19(2,3)4/h7-10,16H,11-13H2,1-6H3,(H,20,24)(H,21,23)/t16-/m1/s1. The molecule has 0 radical (unpaired) electrons. The maximum absolute atomic E-state index is 12.0. The van der Waals surface area contributed by atoms with Crippen molar-refractivity contribution < 1.29 is 9.59 Å². The Kier molecular flexibility index (Phi) is 7.42. The highest BCUT2D eigenvalue weighted by molar-refractivity contribution is 5.82. The highest BCUT2D eigenvalue weighted by Gasteiger charge is 2.21. The largest absolute Gasteiger partial charge is 0.355 e. The van der Waals surface area contributed by atoms with Crippen LogP contribution in [0.5, 0.6) is 0 Å². The van der Waals surface area contributed by atoms with E-state index < -0.39 is 5.41 Å². The predicted octanol–water partition coefficient (Wildman–Crippen LogP) is 2.27. The molecule has 1 aromatic rings. The second-order valence-electron chi connectivity index (χ2n) is 7.45. The van der Waals surface area contributed by atoms with Crippen LogP contribution in [-0.4, -0.2) is 43.9 Å². The molecule has 24 heavy (non-hydrogen) atoms. The van der Waals surface area contributed by atoms with Gasteiger partial charge in [0.1, 0.15) is 0 Å². The summed E-state index contributed by atoms with van der Waals surface area (Å²) >= 11 is 0. The minimum absolute atomic E-state index is 0.0406. The molecule has 0 saturated heterocycles. The van der Waals surface area contributed by atoms with Crippen LogP contribution in [0.1, 0.15) is 44.4 Å². The number of aryl methyl sites for hydroxylation is 1. The van der Waals surface area contributed by atoms with Gasteiger partial charge in [-0.15, -0.1) is 0 Å². The Morgan fingerprint density at radius 2 is 1.67 bits per heavy atom. The Morgan fingerprint density at radius 1 is 1.08 bits per heavy atom. The Balaban J connectivity index is 2.46. The van der Waals surface area contributed by atoms with E-state index in [9.17, 15) is 9.59 Å². The van der Waals surface area contributed by atoms with E-state index >= 15 is 0 Å². The lowest BCUT2D eigenvalue weighted by atomic mass is 9.96. The summed E-state index contributed by atoms with van der Waals surface area (Å²) in [5, 5.41) is 5.75. The zero-order chi connectivity index (χ0) is 18.3. The highest BCUT2D eigenvalue weighted by Crippen LogP contribution is 2.18. The molecule has 134 valence electrons. The zero-order valence-corrected chi connectivity index (χ0v) is 15.8. The number of hydrogen-bond donors (Lipinski definition) is 2. The SMILES string of the molecule is Cc1ccc([C@@H](CNC(=O)CCNC(=O)C(C)(C)C)N(C)C)cc1. The Morgan fingerprint density at radius 3 is 2.17 bits per heavy atom. The molecule has 0 aliphatic carbocycles. The lowest BCUT2D eigenvalue weighted by Crippen LogP contribution is -2.39. The summed E-state index contributed by atoms with van der Waals surface area (Å²) in [6.07, 6.45) is 0.288. The molecule has 1 aromatic carbocycles. The fourth-order valence-electron chi connectivity index (χ4n) is 2.24. The van der Waals surface area contributed by atoms with E-state index in [0.717, 1.165) is 0 Å². The van der Waals surface area contributed by atoms with Gasteiger partial charge < -0.3 is 15.5 Å². The minimum atomic E-state index is -0.433. The van der Waals surface area contributed by atoms with Crippen molar-refractivity contribution >= 4 is 11.8 Å². The number of carbonyl (C=O) groups is 2. The molecule has 0 bridgehead atoms. The summed E-state index contributed by atoms with van der Waals surface area (Å²) < 4.78 is 0. The number of nitrogens with zero attached hydrogens (tertiary/aromatic N) is 1. The van der Waals surface area contributed by atoms with E-state index in [1.54, 1.807) is 0 Å². The first-order valence-corrected chi connectivity index (χ1v) is 8.39. The Bertz CT molecular complexity index is 545. The molecule has 0 aliphatic rings. The number of carbonyl (C=O) groups excluding carboxylic acids is 2. The van der Waals surface area contributed by atoms with Gasteiger partial charge in [-0.2, -0.15) is 0 Å². The molecular formula is C19H31N3O2. The second kappa shape index (κ2) is 8.83. The number of amides is 2. The van der Waals surface area contributed by atoms with Gasteiger partial charge in [-0.3, -0.25) is 9.59 Å². The third kappa shape index (κ3) is 6.71. The van der Waals surface area contributed by atoms with Crippen LogP contribution in [0, 0.1) is 12.3 Å². The molecule has 0 aliphatic heterocycles. The molecule has 0 fully saturated rings. The monoisotopic (exact) mass is 333 g/mol. The summed E-state index contributed by atoms with van der Waals surface area (Å²) in [7, 11) is 4.00. The molecule has 5 heteroatoms. The first-order valence-electron chi connectivity index (χ1n) is 8.39. The van der Waals surface area contributed by atoms with Crippen molar-refractivity contribution in [3.05, 3.63) is 35.4 Å². The number of benzene rings is 1. The zero-order valence-electron chi connectivity index (χ0n) is 15.8. The number of likely N-dealkylation sites (N-methyl/N-ethyl adjacent to an activating group) is 1. The van der Waals surface area contributed by atoms with E-state index in [0.29, 0.717) is 13.1 Å². The summed E-state index contributed by atoms with van der Waals surface area (Å²) in [6, 6.07) is 8.47. The quantitative estimate of drug-likeness (QED) is 0.805. The van der Waals surface area contributed by atoms with Crippen LogP contribution >= 0.6 is 0 Å². The van der Waals surface area contributed by atoms with Crippen LogP contribution in [0.2, 0.25) is 0 Å². The van der Waals surface area contributed by atoms with Gasteiger partial charge in [0.05, 0.1) is 6.04 Å². The van der Waals surface area contributed by atoms with Crippen molar-refractivity contribution in [1.29, 1.82) is 0 Å². The number of nitrogens with one attached hydrogen (secondary N) is 2. The predicted molar refractivity (Wildman–Crippen MR) is 97.7 cm³/mol. The number of rotatable bonds is 7. The van der Waals surface area contributed by atoms with Crippen LogP contribution in [0.25, 0.3) is 0 Å². The van der Waals surface area contributed by atoms with Gasteiger partial charge in [-0.25, -0.2) is 0 Å². The van der Waals surface area contributed by atoms with Gasteiger partial charge in [-0.05, 0) is 26.6 Å². The Hall–Kier alpha value is -1.88. The summed E-state index contributed by atoms with van der Waals surface area (Å²) in [4.78, 5) is 25.9. The lowest BCUT2D eigenvalue weighted by Gasteiger charge is -2.25. The van der Waals surface area contributed by atoms with E-state index in [1.165, 1.54) is 11.1 Å². The van der Waals surface area contributed by atoms with Crippen LogP contribution < -0.4 is 10.6 Å². The molecule has 5 nitrogen and oxygen atoms in total. The molecule has 0 aromatic heterocycles. The summed E-state index contributed by atoms with van der Waals surface area (Å²) in [6.45, 7) is 8.52. The van der Waals surface area contributed by atoms with Crippen molar-refractivity contribution in [3.63, 3.8) is 0 Å². The van der Waals surface area contributed by atoms with Crippen LogP contribution in [0.4, 0.5) is 0 Å². The van der Waals surface area contributed by atoms with Crippen molar-refractivity contribution in [2.24, 2.45) is 5.41 Å². The fourth-order valence-corrected chi connectivity index (χ4v) is 2.24. The van der Waals surface area contributed by atoms with Crippen molar-refractivity contribution in [2.45, 2.75) is 40.2 Å². The van der Waals surface area contributed by atoms with Gasteiger partial charge >= 0.3 is 0 Å². The van der Waals surface area contributed by atoms with Crippen molar-refractivity contribution in [2.75, 3.05) is 27.2 Å². The molecule has 0 heterocycles. The third-order valence-electron chi connectivity index (χ3n) is 3.90. The molecule has 0 unspecified atom stereocenters. The third-order valence-corrected chi connectivity index (χ3v) is 3.90. The normalized spacial score (nSPS) is 12.8. The van der Waals surface area contributed by atoms with E-state index in [1.807, 2.05) is 34.9 Å². The Labute approximate surface area is 145 Å². The smallest absolute Gasteiger partial charge is 0.225 e. The fraction of sp³-hybridized carbons (Fsp3) is 0.579. The van der Waals surface area contributed by atoms with Crippen molar-refractivity contribution in [1.82, 2.24) is 15.5 Å². The molecule has 2 amide bonds. The highest BCUT2D eigenvalue weighted by atomic mass is 16.2. The maximum atomic E-state index is 12.0. The van der Waals surface area contributed by atoms with E-state index in [-0.39, 0.29) is 24.3 Å². The van der Waals surface area contributed by atoms with Gasteiger partial charge in [0.25, 0.3) is 0 Å². The van der Waals surface area contributed by atoms with E-state index in [4.69, 9.17) is 0 Å². The van der Waals surface area contributed by atoms with Crippen LogP contribution in [-0.2, 0) is 9.59 Å². The summed E-state index contributed by atoms with van der Waals surface area (Å²) in [5.74, 6) is -0.0932. The number of hydrogen-bond acceptors (Lipinski definition) is 3. The molecule has 0 saturated carbocycles. The molecule has 1 atom stereocenters. The first kappa shape index (κ1) is 20.2. The van der Waals surface area contributed by atoms with Crippen LogP contribution in [0.3, 0.4) is 0 Å². The van der Waals surface area contributed by atoms with Gasteiger partial charge in [-0.1, -0.05) is 50.6 Å². The first-order chi connectivity index (χ1) is 11.1. The molecule has 2 N–H and O–H groups in total. The minimum Gasteiger partial charge on any atom is -0.355 e. The topological polar surface area (TPSA) is 61.4 Å². The van der Waals surface area contributed by atoms with E-state index in [2.05, 4.69) is 46.7 Å². The molecule has 1 rings (SSSR count). The lowest BCUT2D eigenvalue weighted by molar-refractivity contribution is -0.128.